The zero-order valence-corrected chi connectivity index (χ0v) is 61.1. The summed E-state index contributed by atoms with van der Waals surface area (Å²) in [6.45, 7) is 23.8. The molecule has 0 saturated heterocycles. The van der Waals surface area contributed by atoms with Crippen molar-refractivity contribution in [1.82, 2.24) is 74.8 Å². The third-order valence-corrected chi connectivity index (χ3v) is 15.8. The molecule has 10 rings (SSSR count). The van der Waals surface area contributed by atoms with E-state index < -0.39 is 22.5 Å². The first-order valence-corrected chi connectivity index (χ1v) is 34.4. The van der Waals surface area contributed by atoms with Crippen LogP contribution in [0, 0.1) is 19.7 Å². The number of aromatic nitrogens is 15. The van der Waals surface area contributed by atoms with Gasteiger partial charge in [0.1, 0.15) is 45.0 Å². The molecule has 0 spiro atoms. The summed E-state index contributed by atoms with van der Waals surface area (Å²) in [6, 6.07) is 12.0. The number of ether oxygens (including phenoxy) is 1. The van der Waals surface area contributed by atoms with Crippen LogP contribution in [0.4, 0.5) is 57.3 Å². The molecule has 4 atom stereocenters. The number of nitrogens with one attached hydrogen (secondary N) is 5. The van der Waals surface area contributed by atoms with E-state index in [0.29, 0.717) is 91.8 Å². The number of halogens is 1. The lowest BCUT2D eigenvalue weighted by atomic mass is 9.95. The number of hydrogen-bond acceptors (Lipinski definition) is 30. The van der Waals surface area contributed by atoms with Crippen molar-refractivity contribution >= 4 is 108 Å². The maximum atomic E-state index is 13.3. The average molecular weight is 1410 g/mol. The Morgan fingerprint density at radius 3 is 1.36 bits per heavy atom. The zero-order chi connectivity index (χ0) is 74.8. The van der Waals surface area contributed by atoms with Crippen molar-refractivity contribution in [3.8, 4) is 5.75 Å². The summed E-state index contributed by atoms with van der Waals surface area (Å²) >= 11 is 0. The summed E-state index contributed by atoms with van der Waals surface area (Å²) in [5.74, 6) is 4.35. The highest BCUT2D eigenvalue weighted by Gasteiger charge is 2.27. The van der Waals surface area contributed by atoms with Crippen LogP contribution in [0.2, 0.25) is 0 Å². The molecular weight excluding hydrogens is 1300 g/mol. The van der Waals surface area contributed by atoms with Gasteiger partial charge in [0.15, 0.2) is 29.1 Å². The number of unbranched alkanes of at least 4 members (excludes halogenated alkanes) is 5. The largest absolute Gasteiger partial charge is 0.495 e. The minimum atomic E-state index is -0.778. The summed E-state index contributed by atoms with van der Waals surface area (Å²) < 4.78 is 18.4. The number of pyridine rings is 5. The molecule has 30 nitrogen and oxygen atoms in total. The average Bonchev–Trinajstić information content (AvgIpc) is 0.823. The molecule has 0 saturated carbocycles. The number of hydrogen-bond donors (Lipinski definition) is 14. The van der Waals surface area contributed by atoms with Crippen molar-refractivity contribution in [3.63, 3.8) is 0 Å². The Hall–Kier alpha value is -9.82. The first-order valence-electron chi connectivity index (χ1n) is 34.4. The standard InChI is InChI=1S/C15H22FN5O.C15H23N5O.C14H21N5O2.C14H21N5O.C13H18N4O/c1-3-4-5-6-15(2,9-22)21-13-12-11(19-14(17)20-13)7-10(16)8-18-12;1-3-4-5-8-15(2,10-21)20-13-12-11(7-6-9-17-12)18-14(16)19-13;1-14(2,21)6-5-9(8-20)17-12-11-10(4-3-7-16-11)18-13(15)19-12;1-3-4-5-10(8-20)17-13-12-11(18-14(15)19-13)6-9(2)7-16-12;1-8-15-10-6-9(18-5)7-14-11(10)12(16-8)17-13(2,3)4/h7-8,22H,3-6,9H2,1-2H3,(H3,17,19,20,21);6-7,9,21H,3-5,8,10H2,1-2H3,(H3,16,18,19,20);3-4,7,9,20-21H,5-6,8H2,1-2H3,(H3,15,17,18,19);6-7,10,20H,3-5,8H2,1-2H3,(H3,15,17,18,19);6-7H,1-5H3,(H,15,16,17)/t2*15-;9-;10-;/m0011./s1. The Kier molecular flexibility index (Phi) is 30.5. The Morgan fingerprint density at radius 2 is 0.892 bits per heavy atom. The van der Waals surface area contributed by atoms with Crippen molar-refractivity contribution in [2.45, 2.75) is 201 Å². The molecule has 10 heterocycles. The van der Waals surface area contributed by atoms with Gasteiger partial charge in [0.25, 0.3) is 0 Å². The summed E-state index contributed by atoms with van der Waals surface area (Å²) in [7, 11) is 1.62. The van der Waals surface area contributed by atoms with Crippen LogP contribution in [0.25, 0.3) is 55.2 Å². The predicted octanol–water partition coefficient (Wildman–Crippen LogP) is 10.2. The van der Waals surface area contributed by atoms with Crippen LogP contribution in [0.1, 0.15) is 164 Å². The molecule has 31 heteroatoms. The van der Waals surface area contributed by atoms with Crippen LogP contribution in [0.3, 0.4) is 0 Å². The van der Waals surface area contributed by atoms with Gasteiger partial charge in [0.2, 0.25) is 23.8 Å². The number of nitrogen functional groups attached to an aromatic ring is 4. The number of aryl methyl sites for hydroxylation is 2. The van der Waals surface area contributed by atoms with Gasteiger partial charge >= 0.3 is 0 Å². The lowest BCUT2D eigenvalue weighted by molar-refractivity contribution is 0.0653. The molecule has 0 fully saturated rings. The van der Waals surface area contributed by atoms with Crippen molar-refractivity contribution < 1.29 is 34.7 Å². The Balaban J connectivity index is 0.000000201. The molecule has 0 radical (unpaired) electrons. The van der Waals surface area contributed by atoms with Gasteiger partial charge in [-0.1, -0.05) is 72.1 Å². The summed E-state index contributed by atoms with van der Waals surface area (Å²) in [6.07, 6.45) is 20.2. The van der Waals surface area contributed by atoms with E-state index in [9.17, 15) is 29.9 Å². The highest BCUT2D eigenvalue weighted by atomic mass is 19.1. The van der Waals surface area contributed by atoms with Crippen LogP contribution in [-0.2, 0) is 0 Å². The Labute approximate surface area is 595 Å². The Morgan fingerprint density at radius 1 is 0.471 bits per heavy atom. The highest BCUT2D eigenvalue weighted by Crippen LogP contribution is 2.30. The highest BCUT2D eigenvalue weighted by molar-refractivity contribution is 5.89. The van der Waals surface area contributed by atoms with Crippen molar-refractivity contribution in [3.05, 3.63) is 90.7 Å². The zero-order valence-electron chi connectivity index (χ0n) is 61.1. The SMILES string of the molecule is CC(C)(O)CC[C@H](CO)Nc1nc(N)nc2cccnc12.CCCCC[C@@](C)(CO)Nc1nc(N)nc2cc(F)cnc12.CCCCC[C@@](C)(CO)Nc1nc(N)nc2cccnc12.CCCC[C@H](CO)Nc1nc(N)nc2cc(C)cnc12.COc1cnc2c(NC(C)(C)C)nc(C)nc2c1. The number of rotatable bonds is 28. The normalized spacial score (nSPS) is 13.2. The van der Waals surface area contributed by atoms with Crippen LogP contribution in [0.5, 0.6) is 5.75 Å². The topological polar surface area (TPSA) is 468 Å². The quantitative estimate of drug-likeness (QED) is 0.0203. The lowest BCUT2D eigenvalue weighted by Gasteiger charge is -2.29. The van der Waals surface area contributed by atoms with Gasteiger partial charge in [-0.2, -0.15) is 19.9 Å². The van der Waals surface area contributed by atoms with Crippen LogP contribution < -0.4 is 54.3 Å². The fourth-order valence-corrected chi connectivity index (χ4v) is 10.4. The molecule has 0 unspecified atom stereocenters. The number of methoxy groups -OCH3 is 1. The van der Waals surface area contributed by atoms with Crippen molar-refractivity contribution in [1.29, 1.82) is 0 Å². The summed E-state index contributed by atoms with van der Waals surface area (Å²) in [5, 5.41) is 64.4. The third kappa shape index (κ3) is 25.4. The number of aliphatic hydroxyl groups is 5. The van der Waals surface area contributed by atoms with E-state index >= 15 is 0 Å². The Bertz CT molecular complexity index is 4270. The number of anilines is 9. The van der Waals surface area contributed by atoms with Crippen LogP contribution in [-0.4, -0.2) is 168 Å². The molecule has 18 N–H and O–H groups in total. The van der Waals surface area contributed by atoms with E-state index in [2.05, 4.69) is 143 Å². The van der Waals surface area contributed by atoms with Gasteiger partial charge in [-0.3, -0.25) is 15.0 Å². The van der Waals surface area contributed by atoms with E-state index in [0.717, 1.165) is 99.2 Å². The van der Waals surface area contributed by atoms with Crippen molar-refractivity contribution in [2.24, 2.45) is 0 Å². The van der Waals surface area contributed by atoms with E-state index in [4.69, 9.17) is 27.7 Å². The maximum Gasteiger partial charge on any atom is 0.222 e. The molecule has 0 aliphatic heterocycles. The molecule has 10 aromatic heterocycles. The fourth-order valence-electron chi connectivity index (χ4n) is 10.4. The van der Waals surface area contributed by atoms with E-state index in [1.54, 1.807) is 57.9 Å². The monoisotopic (exact) mass is 1410 g/mol. The maximum absolute atomic E-state index is 13.3. The molecule has 0 amide bonds. The number of nitrogens with zero attached hydrogens (tertiary/aromatic N) is 15. The first-order chi connectivity index (χ1) is 48.5. The van der Waals surface area contributed by atoms with E-state index in [1.807, 2.05) is 52.0 Å². The third-order valence-electron chi connectivity index (χ3n) is 15.8. The predicted molar refractivity (Wildman–Crippen MR) is 404 cm³/mol. The minimum absolute atomic E-state index is 0.0228. The van der Waals surface area contributed by atoms with Gasteiger partial charge in [0, 0.05) is 36.3 Å². The molecule has 0 aliphatic carbocycles. The minimum Gasteiger partial charge on any atom is -0.495 e. The van der Waals surface area contributed by atoms with E-state index in [1.165, 1.54) is 6.07 Å². The second-order valence-corrected chi connectivity index (χ2v) is 27.2. The molecule has 102 heavy (non-hydrogen) atoms. The second-order valence-electron chi connectivity index (χ2n) is 27.2. The van der Waals surface area contributed by atoms with Gasteiger partial charge < -0.3 is 79.8 Å². The molecule has 0 bridgehead atoms. The second kappa shape index (κ2) is 38.3. The van der Waals surface area contributed by atoms with Crippen LogP contribution >= 0.6 is 0 Å². The number of nitrogens with two attached hydrogens (primary N) is 4. The lowest BCUT2D eigenvalue weighted by Crippen LogP contribution is -2.39. The molecule has 10 aromatic rings. The number of fused-ring (bicyclic) bond motifs is 5. The van der Waals surface area contributed by atoms with Gasteiger partial charge in [0.05, 0.1) is 102 Å². The summed E-state index contributed by atoms with van der Waals surface area (Å²) in [4.78, 5) is 63.3. The van der Waals surface area contributed by atoms with Gasteiger partial charge in [-0.15, -0.1) is 0 Å². The fraction of sp³-hybridized carbons (Fsp3) is 0.507. The van der Waals surface area contributed by atoms with E-state index in [-0.39, 0.29) is 67.8 Å². The first kappa shape index (κ1) is 81.1. The van der Waals surface area contributed by atoms with Crippen LogP contribution in [0.15, 0.2) is 73.4 Å². The van der Waals surface area contributed by atoms with Gasteiger partial charge in [-0.25, -0.2) is 44.3 Å². The number of aliphatic hydroxyl groups excluding tert-OH is 4. The molecule has 0 aliphatic rings. The molecule has 0 aromatic carbocycles. The molecule has 552 valence electrons. The van der Waals surface area contributed by atoms with Crippen molar-refractivity contribution in [2.75, 3.05) is 83.1 Å². The van der Waals surface area contributed by atoms with Gasteiger partial charge in [-0.05, 0) is 130 Å². The molecular formula is C71H105FN24O6. The smallest absolute Gasteiger partial charge is 0.222 e. The summed E-state index contributed by atoms with van der Waals surface area (Å²) in [5.41, 5.74) is 28.4.